The number of hydrogen-bond acceptors (Lipinski definition) is 4. The number of ether oxygens (including phenoxy) is 1. The summed E-state index contributed by atoms with van der Waals surface area (Å²) in [5.41, 5.74) is 2.86. The molecule has 1 aliphatic heterocycles. The number of anilines is 1. The van der Waals surface area contributed by atoms with Crippen LogP contribution < -0.4 is 10.1 Å². The number of carbonyl (C=O) groups is 1. The van der Waals surface area contributed by atoms with E-state index in [1.54, 1.807) is 6.33 Å². The maximum Gasteiger partial charge on any atom is 0.224 e. The van der Waals surface area contributed by atoms with E-state index in [9.17, 15) is 4.79 Å². The van der Waals surface area contributed by atoms with Crippen LogP contribution in [-0.4, -0.2) is 27.3 Å². The van der Waals surface area contributed by atoms with Crippen LogP contribution in [0.15, 0.2) is 54.9 Å². The van der Waals surface area contributed by atoms with Crippen molar-refractivity contribution in [3.8, 4) is 17.1 Å². The van der Waals surface area contributed by atoms with E-state index in [1.165, 1.54) is 0 Å². The van der Waals surface area contributed by atoms with E-state index < -0.39 is 0 Å². The van der Waals surface area contributed by atoms with E-state index in [0.29, 0.717) is 13.0 Å². The quantitative estimate of drug-likeness (QED) is 0.785. The first-order valence-corrected chi connectivity index (χ1v) is 8.67. The lowest BCUT2D eigenvalue weighted by Crippen LogP contribution is -2.20. The topological polar surface area (TPSA) is 69.0 Å². The molecule has 0 aliphatic carbocycles. The van der Waals surface area contributed by atoms with Crippen molar-refractivity contribution in [1.29, 1.82) is 0 Å². The van der Waals surface area contributed by atoms with Gasteiger partial charge in [-0.1, -0.05) is 18.2 Å². The fourth-order valence-corrected chi connectivity index (χ4v) is 3.31. The highest BCUT2D eigenvalue weighted by Crippen LogP contribution is 2.35. The largest absolute Gasteiger partial charge is 0.493 e. The Morgan fingerprint density at radius 2 is 2.04 bits per heavy atom. The van der Waals surface area contributed by atoms with Crippen molar-refractivity contribution in [2.75, 3.05) is 11.9 Å². The van der Waals surface area contributed by atoms with Gasteiger partial charge in [0.15, 0.2) is 5.82 Å². The summed E-state index contributed by atoms with van der Waals surface area (Å²) in [6.45, 7) is 0.654. The highest BCUT2D eigenvalue weighted by atomic mass is 16.5. The molecule has 1 N–H and O–H groups in total. The predicted molar refractivity (Wildman–Crippen MR) is 99.0 cm³/mol. The Hall–Kier alpha value is -3.15. The van der Waals surface area contributed by atoms with Crippen molar-refractivity contribution < 1.29 is 9.53 Å². The van der Waals surface area contributed by atoms with Gasteiger partial charge < -0.3 is 14.6 Å². The molecule has 1 aliphatic rings. The average molecular weight is 348 g/mol. The van der Waals surface area contributed by atoms with Crippen molar-refractivity contribution >= 4 is 11.6 Å². The third-order valence-corrected chi connectivity index (χ3v) is 4.65. The number of aryl methyl sites for hydroxylation is 1. The van der Waals surface area contributed by atoms with Gasteiger partial charge in [0, 0.05) is 24.7 Å². The highest BCUT2D eigenvalue weighted by Gasteiger charge is 2.23. The van der Waals surface area contributed by atoms with Gasteiger partial charge in [-0.25, -0.2) is 0 Å². The summed E-state index contributed by atoms with van der Waals surface area (Å²) < 4.78 is 7.52. The number of para-hydroxylation sites is 1. The Bertz CT molecular complexity index is 918. The molecule has 26 heavy (non-hydrogen) atoms. The lowest BCUT2D eigenvalue weighted by molar-refractivity contribution is -0.116. The molecule has 0 saturated heterocycles. The lowest BCUT2D eigenvalue weighted by Gasteiger charge is -2.25. The van der Waals surface area contributed by atoms with Gasteiger partial charge in [-0.15, -0.1) is 10.2 Å². The zero-order valence-corrected chi connectivity index (χ0v) is 14.6. The molecule has 0 saturated carbocycles. The van der Waals surface area contributed by atoms with Crippen LogP contribution in [0.3, 0.4) is 0 Å². The van der Waals surface area contributed by atoms with Crippen molar-refractivity contribution in [3.63, 3.8) is 0 Å². The fourth-order valence-electron chi connectivity index (χ4n) is 3.31. The van der Waals surface area contributed by atoms with Crippen molar-refractivity contribution in [2.24, 2.45) is 7.05 Å². The molecule has 0 radical (unpaired) electrons. The standard InChI is InChI=1S/C20H20N4O2/c1-24-13-21-23-20(24)14-6-8-16(9-7-14)22-19(25)12-15-10-11-26-18-5-3-2-4-17(15)18/h2-9,13,15H,10-12H2,1H3,(H,22,25). The van der Waals surface area contributed by atoms with E-state index in [2.05, 4.69) is 15.5 Å². The van der Waals surface area contributed by atoms with Crippen LogP contribution in [0.4, 0.5) is 5.69 Å². The molecule has 0 spiro atoms. The summed E-state index contributed by atoms with van der Waals surface area (Å²) in [5, 5.41) is 11.0. The molecular formula is C20H20N4O2. The number of hydrogen-bond donors (Lipinski definition) is 1. The molecule has 132 valence electrons. The van der Waals surface area contributed by atoms with Crippen LogP contribution in [0.2, 0.25) is 0 Å². The minimum absolute atomic E-state index is 0.0121. The number of aromatic nitrogens is 3. The van der Waals surface area contributed by atoms with Crippen LogP contribution >= 0.6 is 0 Å². The highest BCUT2D eigenvalue weighted by molar-refractivity contribution is 5.91. The summed E-state index contributed by atoms with van der Waals surface area (Å²) >= 11 is 0. The van der Waals surface area contributed by atoms with Gasteiger partial charge in [0.25, 0.3) is 0 Å². The third kappa shape index (κ3) is 3.31. The zero-order chi connectivity index (χ0) is 17.9. The number of amides is 1. The zero-order valence-electron chi connectivity index (χ0n) is 14.6. The molecule has 1 atom stereocenters. The first kappa shape index (κ1) is 16.3. The molecule has 1 unspecified atom stereocenters. The van der Waals surface area contributed by atoms with Crippen molar-refractivity contribution in [1.82, 2.24) is 14.8 Å². The van der Waals surface area contributed by atoms with E-state index in [1.807, 2.05) is 60.1 Å². The van der Waals surface area contributed by atoms with Crippen molar-refractivity contribution in [3.05, 3.63) is 60.4 Å². The Morgan fingerprint density at radius 3 is 2.81 bits per heavy atom. The Kier molecular flexibility index (Phi) is 4.39. The summed E-state index contributed by atoms with van der Waals surface area (Å²) in [6.07, 6.45) is 2.97. The van der Waals surface area contributed by atoms with Gasteiger partial charge in [0.1, 0.15) is 12.1 Å². The van der Waals surface area contributed by atoms with Gasteiger partial charge in [0.2, 0.25) is 5.91 Å². The number of benzene rings is 2. The molecule has 2 heterocycles. The van der Waals surface area contributed by atoms with Gasteiger partial charge in [-0.2, -0.15) is 0 Å². The first-order valence-electron chi connectivity index (χ1n) is 8.67. The minimum atomic E-state index is 0.0121. The Labute approximate surface area is 151 Å². The van der Waals surface area contributed by atoms with E-state index in [4.69, 9.17) is 4.74 Å². The average Bonchev–Trinajstić information content (AvgIpc) is 3.09. The molecular weight excluding hydrogens is 328 g/mol. The summed E-state index contributed by atoms with van der Waals surface area (Å²) in [5.74, 6) is 1.89. The molecule has 1 aromatic heterocycles. The predicted octanol–water partition coefficient (Wildman–Crippen LogP) is 3.38. The van der Waals surface area contributed by atoms with Crippen LogP contribution in [0.25, 0.3) is 11.4 Å². The fraction of sp³-hybridized carbons (Fsp3) is 0.250. The molecule has 6 nitrogen and oxygen atoms in total. The minimum Gasteiger partial charge on any atom is -0.493 e. The SMILES string of the molecule is Cn1cnnc1-c1ccc(NC(=O)CC2CCOc3ccccc32)cc1. The van der Waals surface area contributed by atoms with Crippen molar-refractivity contribution in [2.45, 2.75) is 18.8 Å². The van der Waals surface area contributed by atoms with Gasteiger partial charge in [-0.05, 0) is 48.2 Å². The summed E-state index contributed by atoms with van der Waals surface area (Å²) in [6, 6.07) is 15.6. The van der Waals surface area contributed by atoms with Crippen LogP contribution in [0, 0.1) is 0 Å². The summed E-state index contributed by atoms with van der Waals surface area (Å²) in [4.78, 5) is 12.5. The normalized spacial score (nSPS) is 15.8. The third-order valence-electron chi connectivity index (χ3n) is 4.65. The molecule has 1 amide bonds. The summed E-state index contributed by atoms with van der Waals surface area (Å²) in [7, 11) is 1.90. The monoisotopic (exact) mass is 348 g/mol. The maximum absolute atomic E-state index is 12.5. The second-order valence-corrected chi connectivity index (χ2v) is 6.47. The van der Waals surface area contributed by atoms with Gasteiger partial charge in [0.05, 0.1) is 6.61 Å². The Morgan fingerprint density at radius 1 is 1.23 bits per heavy atom. The van der Waals surface area contributed by atoms with Crippen LogP contribution in [-0.2, 0) is 11.8 Å². The maximum atomic E-state index is 12.5. The Balaban J connectivity index is 1.42. The molecule has 6 heteroatoms. The molecule has 4 rings (SSSR count). The second-order valence-electron chi connectivity index (χ2n) is 6.47. The number of fused-ring (bicyclic) bond motifs is 1. The van der Waals surface area contributed by atoms with Gasteiger partial charge >= 0.3 is 0 Å². The molecule has 0 fully saturated rings. The smallest absolute Gasteiger partial charge is 0.224 e. The number of rotatable bonds is 4. The van der Waals surface area contributed by atoms with E-state index in [-0.39, 0.29) is 11.8 Å². The number of nitrogens with zero attached hydrogens (tertiary/aromatic N) is 3. The lowest BCUT2D eigenvalue weighted by atomic mass is 9.90. The van der Waals surface area contributed by atoms with E-state index in [0.717, 1.165) is 34.8 Å². The van der Waals surface area contributed by atoms with Gasteiger partial charge in [-0.3, -0.25) is 4.79 Å². The first-order chi connectivity index (χ1) is 12.7. The molecule has 3 aromatic rings. The second kappa shape index (κ2) is 7.00. The number of nitrogens with one attached hydrogen (secondary N) is 1. The van der Waals surface area contributed by atoms with Crippen LogP contribution in [0.1, 0.15) is 24.3 Å². The number of carbonyl (C=O) groups excluding carboxylic acids is 1. The molecule has 2 aromatic carbocycles. The van der Waals surface area contributed by atoms with E-state index >= 15 is 0 Å². The van der Waals surface area contributed by atoms with Crippen LogP contribution in [0.5, 0.6) is 5.75 Å². The molecule has 0 bridgehead atoms.